The molecule has 0 aliphatic carbocycles. The van der Waals surface area contributed by atoms with Crippen molar-refractivity contribution in [2.24, 2.45) is 0 Å². The van der Waals surface area contributed by atoms with Crippen LogP contribution in [0.1, 0.15) is 17.5 Å². The topological polar surface area (TPSA) is 55.6 Å². The van der Waals surface area contributed by atoms with E-state index >= 15 is 0 Å². The fourth-order valence-electron chi connectivity index (χ4n) is 1.99. The number of anilines is 1. The van der Waals surface area contributed by atoms with Crippen molar-refractivity contribution in [1.82, 2.24) is 19.7 Å². The fraction of sp³-hybridized carbons (Fsp3) is 0.308. The first kappa shape index (κ1) is 13.3. The SMILES string of the molecule is CCNc1nc(-n2cc(Cl)c(C)n2)c2cc(C)sc2n1. The molecule has 7 heteroatoms. The average molecular weight is 308 g/mol. The van der Waals surface area contributed by atoms with Crippen LogP contribution < -0.4 is 5.32 Å². The number of hydrogen-bond acceptors (Lipinski definition) is 5. The molecule has 0 saturated heterocycles. The van der Waals surface area contributed by atoms with Crippen molar-refractivity contribution in [1.29, 1.82) is 0 Å². The molecule has 0 bridgehead atoms. The molecule has 0 aliphatic rings. The molecule has 0 saturated carbocycles. The lowest BCUT2D eigenvalue weighted by Crippen LogP contribution is -2.06. The van der Waals surface area contributed by atoms with Gasteiger partial charge in [0.2, 0.25) is 5.95 Å². The number of thiophene rings is 1. The highest BCUT2D eigenvalue weighted by molar-refractivity contribution is 7.18. The Morgan fingerprint density at radius 2 is 2.15 bits per heavy atom. The Morgan fingerprint density at radius 1 is 1.35 bits per heavy atom. The van der Waals surface area contributed by atoms with Crippen LogP contribution in [0.5, 0.6) is 0 Å². The summed E-state index contributed by atoms with van der Waals surface area (Å²) < 4.78 is 1.72. The lowest BCUT2D eigenvalue weighted by atomic mass is 10.3. The van der Waals surface area contributed by atoms with Crippen LogP contribution in [-0.4, -0.2) is 26.3 Å². The van der Waals surface area contributed by atoms with E-state index in [0.717, 1.165) is 28.3 Å². The monoisotopic (exact) mass is 307 g/mol. The molecule has 0 fully saturated rings. The van der Waals surface area contributed by atoms with Gasteiger partial charge in [-0.15, -0.1) is 11.3 Å². The van der Waals surface area contributed by atoms with Gasteiger partial charge in [-0.1, -0.05) is 11.6 Å². The van der Waals surface area contributed by atoms with E-state index in [1.807, 2.05) is 13.8 Å². The second kappa shape index (κ2) is 5.03. The van der Waals surface area contributed by atoms with Gasteiger partial charge in [0.1, 0.15) is 4.83 Å². The smallest absolute Gasteiger partial charge is 0.226 e. The molecule has 104 valence electrons. The second-order valence-electron chi connectivity index (χ2n) is 4.48. The van der Waals surface area contributed by atoms with E-state index in [-0.39, 0.29) is 0 Å². The van der Waals surface area contributed by atoms with Crippen LogP contribution >= 0.6 is 22.9 Å². The third kappa shape index (κ3) is 2.25. The number of fused-ring (bicyclic) bond motifs is 1. The minimum Gasteiger partial charge on any atom is -0.354 e. The van der Waals surface area contributed by atoms with Gasteiger partial charge in [0.15, 0.2) is 5.82 Å². The number of hydrogen-bond donors (Lipinski definition) is 1. The quantitative estimate of drug-likeness (QED) is 0.803. The van der Waals surface area contributed by atoms with Gasteiger partial charge in [-0.05, 0) is 26.8 Å². The van der Waals surface area contributed by atoms with E-state index in [1.165, 1.54) is 4.88 Å². The van der Waals surface area contributed by atoms with Crippen molar-refractivity contribution < 1.29 is 0 Å². The normalized spacial score (nSPS) is 11.2. The zero-order valence-electron chi connectivity index (χ0n) is 11.4. The Kier molecular flexibility index (Phi) is 3.35. The van der Waals surface area contributed by atoms with Gasteiger partial charge < -0.3 is 5.32 Å². The Balaban J connectivity index is 2.25. The molecule has 0 aromatic carbocycles. The van der Waals surface area contributed by atoms with Crippen LogP contribution in [0.25, 0.3) is 16.0 Å². The summed E-state index contributed by atoms with van der Waals surface area (Å²) in [5.41, 5.74) is 0.787. The first-order valence-electron chi connectivity index (χ1n) is 6.32. The molecule has 20 heavy (non-hydrogen) atoms. The first-order chi connectivity index (χ1) is 9.58. The summed E-state index contributed by atoms with van der Waals surface area (Å²) in [5.74, 6) is 1.37. The number of nitrogens with zero attached hydrogens (tertiary/aromatic N) is 4. The van der Waals surface area contributed by atoms with E-state index in [0.29, 0.717) is 11.0 Å². The maximum Gasteiger partial charge on any atom is 0.226 e. The largest absolute Gasteiger partial charge is 0.354 e. The first-order valence-corrected chi connectivity index (χ1v) is 7.52. The molecule has 1 N–H and O–H groups in total. The van der Waals surface area contributed by atoms with E-state index in [1.54, 1.807) is 22.2 Å². The van der Waals surface area contributed by atoms with Crippen LogP contribution in [0.3, 0.4) is 0 Å². The Hall–Kier alpha value is -1.66. The molecular formula is C13H14ClN5S. The predicted octanol–water partition coefficient (Wildman–Crippen LogP) is 3.58. The van der Waals surface area contributed by atoms with Crippen molar-refractivity contribution in [3.63, 3.8) is 0 Å². The van der Waals surface area contributed by atoms with Crippen molar-refractivity contribution in [2.75, 3.05) is 11.9 Å². The van der Waals surface area contributed by atoms with E-state index < -0.39 is 0 Å². The van der Waals surface area contributed by atoms with Crippen LogP contribution in [0.4, 0.5) is 5.95 Å². The minimum absolute atomic E-state index is 0.612. The third-order valence-electron chi connectivity index (χ3n) is 2.89. The Bertz CT molecular complexity index is 757. The lowest BCUT2D eigenvalue weighted by Gasteiger charge is -2.06. The molecule has 0 unspecified atom stereocenters. The van der Waals surface area contributed by atoms with Gasteiger partial charge >= 0.3 is 0 Å². The third-order valence-corrected chi connectivity index (χ3v) is 4.20. The van der Waals surface area contributed by atoms with E-state index in [4.69, 9.17) is 11.6 Å². The molecule has 3 rings (SSSR count). The summed E-state index contributed by atoms with van der Waals surface area (Å²) in [6.07, 6.45) is 1.78. The van der Waals surface area contributed by atoms with Crippen molar-refractivity contribution in [3.05, 3.63) is 27.9 Å². The van der Waals surface area contributed by atoms with Crippen molar-refractivity contribution >= 4 is 39.1 Å². The summed E-state index contributed by atoms with van der Waals surface area (Å²) in [6.45, 7) is 6.72. The molecular weight excluding hydrogens is 294 g/mol. The molecule has 5 nitrogen and oxygen atoms in total. The van der Waals surface area contributed by atoms with Crippen LogP contribution in [0, 0.1) is 13.8 Å². The maximum atomic E-state index is 6.10. The van der Waals surface area contributed by atoms with Gasteiger partial charge in [0.05, 0.1) is 22.3 Å². The van der Waals surface area contributed by atoms with Gasteiger partial charge in [0, 0.05) is 11.4 Å². The molecule has 3 aromatic heterocycles. The predicted molar refractivity (Wildman–Crippen MR) is 83.2 cm³/mol. The average Bonchev–Trinajstić information content (AvgIpc) is 2.92. The summed E-state index contributed by atoms with van der Waals surface area (Å²) in [4.78, 5) is 11.2. The van der Waals surface area contributed by atoms with Gasteiger partial charge in [-0.25, -0.2) is 9.67 Å². The molecule has 0 aliphatic heterocycles. The van der Waals surface area contributed by atoms with Gasteiger partial charge in [-0.2, -0.15) is 10.1 Å². The molecule has 0 spiro atoms. The minimum atomic E-state index is 0.612. The number of rotatable bonds is 3. The van der Waals surface area contributed by atoms with Crippen LogP contribution in [0.15, 0.2) is 12.3 Å². The molecule has 0 radical (unpaired) electrons. The van der Waals surface area contributed by atoms with Crippen LogP contribution in [-0.2, 0) is 0 Å². The zero-order chi connectivity index (χ0) is 14.3. The number of nitrogens with one attached hydrogen (secondary N) is 1. The standard InChI is InChI=1S/C13H14ClN5S/c1-4-15-13-16-11(19-6-10(14)8(3)18-19)9-5-7(2)20-12(9)17-13/h5-6H,4H2,1-3H3,(H,15,16,17). The summed E-state index contributed by atoms with van der Waals surface area (Å²) >= 11 is 7.74. The van der Waals surface area contributed by atoms with Crippen LogP contribution in [0.2, 0.25) is 5.02 Å². The summed E-state index contributed by atoms with van der Waals surface area (Å²) in [6, 6.07) is 2.08. The molecule has 0 atom stereocenters. The second-order valence-corrected chi connectivity index (χ2v) is 6.13. The molecule has 0 amide bonds. The number of aromatic nitrogens is 4. The molecule has 3 aromatic rings. The number of halogens is 1. The summed E-state index contributed by atoms with van der Waals surface area (Å²) in [5, 5.41) is 9.19. The maximum absolute atomic E-state index is 6.10. The Morgan fingerprint density at radius 3 is 2.80 bits per heavy atom. The van der Waals surface area contributed by atoms with Crippen molar-refractivity contribution in [3.8, 4) is 5.82 Å². The van der Waals surface area contributed by atoms with Gasteiger partial charge in [-0.3, -0.25) is 0 Å². The van der Waals surface area contributed by atoms with Crippen molar-refractivity contribution in [2.45, 2.75) is 20.8 Å². The zero-order valence-corrected chi connectivity index (χ0v) is 13.0. The fourth-order valence-corrected chi connectivity index (χ4v) is 2.99. The van der Waals surface area contributed by atoms with E-state index in [2.05, 4.69) is 33.4 Å². The van der Waals surface area contributed by atoms with Gasteiger partial charge in [0.25, 0.3) is 0 Å². The van der Waals surface area contributed by atoms with E-state index in [9.17, 15) is 0 Å². The Labute approximate surface area is 125 Å². The number of aryl methyl sites for hydroxylation is 2. The summed E-state index contributed by atoms with van der Waals surface area (Å²) in [7, 11) is 0. The molecule has 3 heterocycles. The highest BCUT2D eigenvalue weighted by Crippen LogP contribution is 2.29. The highest BCUT2D eigenvalue weighted by atomic mass is 35.5. The highest BCUT2D eigenvalue weighted by Gasteiger charge is 2.14. The lowest BCUT2D eigenvalue weighted by molar-refractivity contribution is 0.837.